The predicted octanol–water partition coefficient (Wildman–Crippen LogP) is 2.27. The number of hydrogen-bond donors (Lipinski definition) is 1. The molecule has 68 valence electrons. The van der Waals surface area contributed by atoms with Crippen molar-refractivity contribution in [3.05, 3.63) is 17.1 Å². The molecule has 0 bridgehead atoms. The molecule has 1 rings (SSSR count). The van der Waals surface area contributed by atoms with Gasteiger partial charge in [-0.1, -0.05) is 0 Å². The molecule has 1 saturated heterocycles. The minimum absolute atomic E-state index is 0.575. The molecule has 3 nitrogen and oxygen atoms in total. The van der Waals surface area contributed by atoms with Crippen molar-refractivity contribution in [3.63, 3.8) is 0 Å². The average Bonchev–Trinajstić information content (AvgIpc) is 2.03. The van der Waals surface area contributed by atoms with Crippen LogP contribution < -0.4 is 5.09 Å². The summed E-state index contributed by atoms with van der Waals surface area (Å²) in [5.41, 5.74) is 3.90. The molecule has 1 N–H and O–H groups in total. The second kappa shape index (κ2) is 4.06. The van der Waals surface area contributed by atoms with Gasteiger partial charge in [0.1, 0.15) is 0 Å². The Balaban J connectivity index is 2.72. The monoisotopic (exact) mass is 187 g/mol. The van der Waals surface area contributed by atoms with Crippen molar-refractivity contribution in [2.24, 2.45) is 0 Å². The summed E-state index contributed by atoms with van der Waals surface area (Å²) in [5.74, 6) is 1.52. The first-order valence-electron chi connectivity index (χ1n) is 4.03. The Bertz CT molecular complexity index is 252. The van der Waals surface area contributed by atoms with Crippen LogP contribution in [-0.4, -0.2) is 13.2 Å². The molecule has 0 unspecified atom stereocenters. The summed E-state index contributed by atoms with van der Waals surface area (Å²) in [6, 6.07) is 0. The highest BCUT2D eigenvalue weighted by Crippen LogP contribution is 2.45. The molecule has 12 heavy (non-hydrogen) atoms. The molecular formula is C8H14NO2P. The van der Waals surface area contributed by atoms with Crippen LogP contribution in [0.1, 0.15) is 20.3 Å². The molecule has 4 heteroatoms. The van der Waals surface area contributed by atoms with Gasteiger partial charge in [0.05, 0.1) is 12.4 Å². The first-order chi connectivity index (χ1) is 5.62. The van der Waals surface area contributed by atoms with Gasteiger partial charge in [0, 0.05) is 6.54 Å². The molecule has 0 radical (unpaired) electrons. The van der Waals surface area contributed by atoms with Crippen LogP contribution in [0, 0.1) is 0 Å². The van der Waals surface area contributed by atoms with Gasteiger partial charge >= 0.3 is 0 Å². The quantitative estimate of drug-likeness (QED) is 0.505. The van der Waals surface area contributed by atoms with Crippen molar-refractivity contribution in [1.29, 1.82) is 0 Å². The Morgan fingerprint density at radius 3 is 2.92 bits per heavy atom. The summed E-state index contributed by atoms with van der Waals surface area (Å²) in [4.78, 5) is 0. The van der Waals surface area contributed by atoms with E-state index in [1.165, 1.54) is 5.82 Å². The molecule has 0 aromatic rings. The van der Waals surface area contributed by atoms with Crippen molar-refractivity contribution in [3.8, 4) is 0 Å². The average molecular weight is 187 g/mol. The third-order valence-corrected chi connectivity index (χ3v) is 3.16. The summed E-state index contributed by atoms with van der Waals surface area (Å²) in [6.45, 7) is 5.16. The minimum Gasteiger partial charge on any atom is -0.314 e. The molecule has 1 aliphatic heterocycles. The summed E-state index contributed by atoms with van der Waals surface area (Å²) in [5, 5.41) is 2.85. The zero-order chi connectivity index (χ0) is 9.03. The standard InChI is InChI=1S/C8H14NO2P/c1-8(2)4-7-12(10)9-5-3-6-11-12/h7H,3,5-6H2,1-2H3,(H,9,10)/t12-/m0/s1. The Morgan fingerprint density at radius 2 is 2.42 bits per heavy atom. The van der Waals surface area contributed by atoms with E-state index >= 15 is 0 Å². The first kappa shape index (κ1) is 9.76. The fraction of sp³-hybridized carbons (Fsp3) is 0.625. The Kier molecular flexibility index (Phi) is 3.30. The van der Waals surface area contributed by atoms with E-state index in [1.807, 2.05) is 13.8 Å². The maximum atomic E-state index is 11.7. The fourth-order valence-corrected chi connectivity index (χ4v) is 2.41. The van der Waals surface area contributed by atoms with Crippen LogP contribution in [0.3, 0.4) is 0 Å². The molecule has 1 aliphatic rings. The van der Waals surface area contributed by atoms with Gasteiger partial charge < -0.3 is 4.52 Å². The van der Waals surface area contributed by atoms with E-state index < -0.39 is 7.52 Å². The molecule has 0 aromatic heterocycles. The topological polar surface area (TPSA) is 38.3 Å². The van der Waals surface area contributed by atoms with E-state index in [0.717, 1.165) is 18.5 Å². The Morgan fingerprint density at radius 1 is 1.67 bits per heavy atom. The summed E-state index contributed by atoms with van der Waals surface area (Å²) < 4.78 is 16.8. The molecule has 1 heterocycles. The van der Waals surface area contributed by atoms with Gasteiger partial charge in [-0.05, 0) is 25.8 Å². The van der Waals surface area contributed by atoms with Crippen LogP contribution in [-0.2, 0) is 9.09 Å². The van der Waals surface area contributed by atoms with Crippen molar-refractivity contribution in [1.82, 2.24) is 5.09 Å². The van der Waals surface area contributed by atoms with E-state index in [1.54, 1.807) is 0 Å². The maximum absolute atomic E-state index is 11.7. The highest BCUT2D eigenvalue weighted by Gasteiger charge is 2.21. The highest BCUT2D eigenvalue weighted by atomic mass is 31.2. The summed E-state index contributed by atoms with van der Waals surface area (Å²) in [7, 11) is -2.67. The van der Waals surface area contributed by atoms with Crippen LogP contribution in [0.15, 0.2) is 17.1 Å². The van der Waals surface area contributed by atoms with Gasteiger partial charge in [-0.15, -0.1) is 5.73 Å². The predicted molar refractivity (Wildman–Crippen MR) is 49.1 cm³/mol. The van der Waals surface area contributed by atoms with E-state index in [9.17, 15) is 4.57 Å². The number of hydrogen-bond acceptors (Lipinski definition) is 2. The molecule has 1 fully saturated rings. The summed E-state index contributed by atoms with van der Waals surface area (Å²) >= 11 is 0. The molecule has 0 amide bonds. The Hall–Kier alpha value is -0.330. The van der Waals surface area contributed by atoms with Gasteiger partial charge in [0.15, 0.2) is 0 Å². The molecule has 1 atom stereocenters. The third kappa shape index (κ3) is 2.96. The van der Waals surface area contributed by atoms with Crippen molar-refractivity contribution < 1.29 is 9.09 Å². The van der Waals surface area contributed by atoms with Crippen molar-refractivity contribution in [2.45, 2.75) is 20.3 Å². The Labute approximate surface area is 73.0 Å². The second-order valence-electron chi connectivity index (χ2n) is 2.97. The fourth-order valence-electron chi connectivity index (χ4n) is 0.850. The van der Waals surface area contributed by atoms with E-state index in [-0.39, 0.29) is 0 Å². The summed E-state index contributed by atoms with van der Waals surface area (Å²) in [6.07, 6.45) is 0.923. The zero-order valence-corrected chi connectivity index (χ0v) is 8.36. The molecule has 0 spiro atoms. The van der Waals surface area contributed by atoms with Crippen LogP contribution >= 0.6 is 7.52 Å². The number of nitrogens with one attached hydrogen (secondary N) is 1. The normalized spacial score (nSPS) is 29.2. The third-order valence-electron chi connectivity index (χ3n) is 1.46. The molecule has 0 aliphatic carbocycles. The SMILES string of the molecule is CC(C)=C=C[P@@]1(=O)NCCCO1. The lowest BCUT2D eigenvalue weighted by molar-refractivity contribution is 0.284. The minimum atomic E-state index is -2.67. The molecular weight excluding hydrogens is 173 g/mol. The zero-order valence-electron chi connectivity index (χ0n) is 7.46. The van der Waals surface area contributed by atoms with Crippen LogP contribution in [0.4, 0.5) is 0 Å². The lowest BCUT2D eigenvalue weighted by Crippen LogP contribution is -2.20. The van der Waals surface area contributed by atoms with Crippen LogP contribution in [0.2, 0.25) is 0 Å². The van der Waals surface area contributed by atoms with Gasteiger partial charge in [0.25, 0.3) is 7.52 Å². The highest BCUT2D eigenvalue weighted by molar-refractivity contribution is 7.60. The van der Waals surface area contributed by atoms with Crippen LogP contribution in [0.5, 0.6) is 0 Å². The van der Waals surface area contributed by atoms with Gasteiger partial charge in [-0.2, -0.15) is 0 Å². The number of allylic oxidation sites excluding steroid dienone is 1. The van der Waals surface area contributed by atoms with Crippen molar-refractivity contribution >= 4 is 7.52 Å². The van der Waals surface area contributed by atoms with Gasteiger partial charge in [-0.3, -0.25) is 4.57 Å². The maximum Gasteiger partial charge on any atom is 0.300 e. The second-order valence-corrected chi connectivity index (χ2v) is 4.99. The van der Waals surface area contributed by atoms with Crippen molar-refractivity contribution in [2.75, 3.05) is 13.2 Å². The lowest BCUT2D eigenvalue weighted by Gasteiger charge is -2.20. The first-order valence-corrected chi connectivity index (χ1v) is 5.72. The van der Waals surface area contributed by atoms with Gasteiger partial charge in [-0.25, -0.2) is 5.09 Å². The van der Waals surface area contributed by atoms with Crippen LogP contribution in [0.25, 0.3) is 0 Å². The number of rotatable bonds is 1. The van der Waals surface area contributed by atoms with E-state index in [4.69, 9.17) is 4.52 Å². The molecule has 0 saturated carbocycles. The molecule has 0 aromatic carbocycles. The van der Waals surface area contributed by atoms with E-state index in [0.29, 0.717) is 6.61 Å². The smallest absolute Gasteiger partial charge is 0.300 e. The largest absolute Gasteiger partial charge is 0.314 e. The van der Waals surface area contributed by atoms with E-state index in [2.05, 4.69) is 10.8 Å². The lowest BCUT2D eigenvalue weighted by atomic mass is 10.4. The van der Waals surface area contributed by atoms with Gasteiger partial charge in [0.2, 0.25) is 0 Å².